The zero-order valence-electron chi connectivity index (χ0n) is 4.91. The largest absolute Gasteiger partial charge is 0.326 e. The molecule has 7 heavy (non-hydrogen) atoms. The lowest BCUT2D eigenvalue weighted by Crippen LogP contribution is -2.22. The fourth-order valence-corrected chi connectivity index (χ4v) is 0.102. The van der Waals surface area contributed by atoms with Gasteiger partial charge >= 0.3 is 0 Å². The third-order valence-electron chi connectivity index (χ3n) is 1.10. The highest BCUT2D eigenvalue weighted by molar-refractivity contribution is 4.77. The molecule has 1 atom stereocenters. The van der Waals surface area contributed by atoms with Gasteiger partial charge in [-0.25, -0.2) is 0 Å². The Morgan fingerprint density at radius 1 is 1.71 bits per heavy atom. The summed E-state index contributed by atoms with van der Waals surface area (Å²) in [6.07, 6.45) is 0.809. The lowest BCUT2D eigenvalue weighted by molar-refractivity contribution is 0.441. The van der Waals surface area contributed by atoms with Crippen LogP contribution in [0.15, 0.2) is 0 Å². The smallest absolute Gasteiger partial charge is 0.154 e. The van der Waals surface area contributed by atoms with Crippen LogP contribution >= 0.6 is 0 Å². The van der Waals surface area contributed by atoms with Gasteiger partial charge in [0.1, 0.15) is 6.42 Å². The molecular formula is C6H13N+2. The summed E-state index contributed by atoms with van der Waals surface area (Å²) < 4.78 is 0. The van der Waals surface area contributed by atoms with Crippen molar-refractivity contribution in [3.05, 3.63) is 13.8 Å². The summed E-state index contributed by atoms with van der Waals surface area (Å²) in [5.41, 5.74) is 5.31. The molecule has 0 spiro atoms. The standard InChI is InChI=1S/C6H13N/c1-4-6(2,3)5-7/h1-2,4-5,7H2,3H3/q+2. The number of hydrogen-bond donors (Lipinski definition) is 1. The molecule has 1 unspecified atom stereocenters. The van der Waals surface area contributed by atoms with Gasteiger partial charge in [0.2, 0.25) is 0 Å². The van der Waals surface area contributed by atoms with Crippen molar-refractivity contribution >= 4 is 0 Å². The molecule has 0 radical (unpaired) electrons. The summed E-state index contributed by atoms with van der Waals surface area (Å²) in [7, 11) is 0. The van der Waals surface area contributed by atoms with E-state index in [2.05, 4.69) is 13.8 Å². The second-order valence-corrected chi connectivity index (χ2v) is 2.26. The lowest BCUT2D eigenvalue weighted by Gasteiger charge is -2.05. The molecule has 40 valence electrons. The van der Waals surface area contributed by atoms with E-state index < -0.39 is 0 Å². The molecule has 0 aromatic rings. The summed E-state index contributed by atoms with van der Waals surface area (Å²) in [6.45, 7) is 10.1. The molecule has 1 heteroatoms. The van der Waals surface area contributed by atoms with Gasteiger partial charge < -0.3 is 5.73 Å². The summed E-state index contributed by atoms with van der Waals surface area (Å²) in [4.78, 5) is 0. The van der Waals surface area contributed by atoms with Gasteiger partial charge in [-0.15, -0.1) is 0 Å². The van der Waals surface area contributed by atoms with Gasteiger partial charge in [0.15, 0.2) is 5.41 Å². The monoisotopic (exact) mass is 99.1 g/mol. The van der Waals surface area contributed by atoms with Crippen LogP contribution in [0, 0.1) is 19.3 Å². The summed E-state index contributed by atoms with van der Waals surface area (Å²) in [5.74, 6) is 0. The molecule has 0 amide bonds. The van der Waals surface area contributed by atoms with Crippen LogP contribution in [0.2, 0.25) is 0 Å². The van der Waals surface area contributed by atoms with E-state index >= 15 is 0 Å². The van der Waals surface area contributed by atoms with E-state index in [0.29, 0.717) is 6.54 Å². The van der Waals surface area contributed by atoms with Gasteiger partial charge in [0.05, 0.1) is 13.8 Å². The average Bonchev–Trinajstić information content (AvgIpc) is 1.68. The van der Waals surface area contributed by atoms with E-state index in [9.17, 15) is 0 Å². The van der Waals surface area contributed by atoms with Crippen molar-refractivity contribution in [3.63, 3.8) is 0 Å². The number of nitrogens with two attached hydrogens (primary N) is 1. The van der Waals surface area contributed by atoms with Crippen molar-refractivity contribution in [3.8, 4) is 0 Å². The van der Waals surface area contributed by atoms with Crippen LogP contribution in [-0.4, -0.2) is 6.54 Å². The lowest BCUT2D eigenvalue weighted by atomic mass is 9.91. The fraction of sp³-hybridized carbons (Fsp3) is 0.667. The molecule has 0 bridgehead atoms. The molecule has 0 rings (SSSR count). The molecule has 0 aromatic heterocycles. The quantitative estimate of drug-likeness (QED) is 0.514. The molecule has 0 aliphatic rings. The van der Waals surface area contributed by atoms with Gasteiger partial charge in [-0.2, -0.15) is 0 Å². The first-order chi connectivity index (χ1) is 3.12. The summed E-state index contributed by atoms with van der Waals surface area (Å²) in [5, 5.41) is 0. The fourth-order valence-electron chi connectivity index (χ4n) is 0.102. The summed E-state index contributed by atoms with van der Waals surface area (Å²) in [6, 6.07) is 0. The Labute approximate surface area is 45.9 Å². The van der Waals surface area contributed by atoms with Crippen molar-refractivity contribution in [2.24, 2.45) is 11.1 Å². The maximum atomic E-state index is 5.31. The molecule has 0 fully saturated rings. The zero-order valence-corrected chi connectivity index (χ0v) is 4.91. The van der Waals surface area contributed by atoms with Gasteiger partial charge in [-0.1, -0.05) is 0 Å². The second kappa shape index (κ2) is 2.12. The Kier molecular flexibility index (Phi) is 2.03. The maximum Gasteiger partial charge on any atom is 0.154 e. The van der Waals surface area contributed by atoms with E-state index in [1.54, 1.807) is 0 Å². The summed E-state index contributed by atoms with van der Waals surface area (Å²) >= 11 is 0. The third-order valence-corrected chi connectivity index (χ3v) is 1.10. The maximum absolute atomic E-state index is 5.31. The minimum atomic E-state index is 0. The van der Waals surface area contributed by atoms with Crippen LogP contribution in [-0.2, 0) is 0 Å². The van der Waals surface area contributed by atoms with Crippen molar-refractivity contribution in [2.45, 2.75) is 13.3 Å². The Bertz CT molecular complexity index is 42.1. The predicted octanol–water partition coefficient (Wildman–Crippen LogP) is 1.01. The minimum absolute atomic E-state index is 0. The van der Waals surface area contributed by atoms with Crippen LogP contribution in [0.4, 0.5) is 0 Å². The van der Waals surface area contributed by atoms with Crippen LogP contribution in [0.5, 0.6) is 0 Å². The van der Waals surface area contributed by atoms with Crippen LogP contribution < -0.4 is 5.73 Å². The Hall–Kier alpha value is -0.300. The molecule has 0 saturated carbocycles. The highest BCUT2D eigenvalue weighted by atomic mass is 14.6. The predicted molar refractivity (Wildman–Crippen MR) is 32.5 cm³/mol. The number of hydrogen-bond acceptors (Lipinski definition) is 1. The first kappa shape index (κ1) is 6.70. The van der Waals surface area contributed by atoms with E-state index in [0.717, 1.165) is 6.42 Å². The van der Waals surface area contributed by atoms with E-state index in [4.69, 9.17) is 5.73 Å². The number of rotatable bonds is 2. The molecular weight excluding hydrogens is 86.1 g/mol. The Morgan fingerprint density at radius 2 is 2.14 bits per heavy atom. The molecule has 0 aliphatic heterocycles. The normalized spacial score (nSPS) is 18.6. The minimum Gasteiger partial charge on any atom is -0.326 e. The molecule has 0 heterocycles. The van der Waals surface area contributed by atoms with Crippen LogP contribution in [0.25, 0.3) is 0 Å². The third kappa shape index (κ3) is 2.40. The highest BCUT2D eigenvalue weighted by Gasteiger charge is 2.23. The average molecular weight is 99.2 g/mol. The van der Waals surface area contributed by atoms with E-state index in [1.165, 1.54) is 0 Å². The highest BCUT2D eigenvalue weighted by Crippen LogP contribution is 2.14. The van der Waals surface area contributed by atoms with Gasteiger partial charge in [0.25, 0.3) is 0 Å². The molecule has 0 aromatic carbocycles. The van der Waals surface area contributed by atoms with Crippen LogP contribution in [0.1, 0.15) is 13.3 Å². The zero-order chi connectivity index (χ0) is 5.91. The Morgan fingerprint density at radius 3 is 2.14 bits per heavy atom. The molecule has 0 aliphatic carbocycles. The second-order valence-electron chi connectivity index (χ2n) is 2.26. The Balaban J connectivity index is 3.36. The topological polar surface area (TPSA) is 26.0 Å². The van der Waals surface area contributed by atoms with E-state index in [-0.39, 0.29) is 5.41 Å². The van der Waals surface area contributed by atoms with Crippen molar-refractivity contribution < 1.29 is 0 Å². The first-order valence-corrected chi connectivity index (χ1v) is 2.47. The molecule has 0 saturated heterocycles. The van der Waals surface area contributed by atoms with Crippen molar-refractivity contribution in [1.29, 1.82) is 0 Å². The van der Waals surface area contributed by atoms with Crippen molar-refractivity contribution in [2.75, 3.05) is 6.54 Å². The van der Waals surface area contributed by atoms with Crippen molar-refractivity contribution in [1.82, 2.24) is 0 Å². The van der Waals surface area contributed by atoms with Gasteiger partial charge in [-0.05, 0) is 6.92 Å². The van der Waals surface area contributed by atoms with Gasteiger partial charge in [0, 0.05) is 6.54 Å². The van der Waals surface area contributed by atoms with Crippen LogP contribution in [0.3, 0.4) is 0 Å². The molecule has 1 nitrogen and oxygen atoms in total. The van der Waals surface area contributed by atoms with Gasteiger partial charge in [-0.3, -0.25) is 0 Å². The van der Waals surface area contributed by atoms with E-state index in [1.807, 2.05) is 6.92 Å². The SMILES string of the molecule is [CH2+]CC([CH2+])(C)CN. The molecule has 2 N–H and O–H groups in total. The first-order valence-electron chi connectivity index (χ1n) is 2.47.